The van der Waals surface area contributed by atoms with Crippen molar-refractivity contribution in [2.24, 2.45) is 0 Å². The molecule has 0 unspecified atom stereocenters. The molecule has 0 radical (unpaired) electrons. The molecule has 4 heteroatoms. The number of rotatable bonds is 5. The summed E-state index contributed by atoms with van der Waals surface area (Å²) in [6.07, 6.45) is -1.00. The largest absolute Gasteiger partial charge is 0.387 e. The second kappa shape index (κ2) is 8.10. The van der Waals surface area contributed by atoms with Crippen LogP contribution in [0.2, 0.25) is 0 Å². The highest BCUT2D eigenvalue weighted by Crippen LogP contribution is 2.37. The topological polar surface area (TPSA) is 37.3 Å². The number of benzene rings is 3. The van der Waals surface area contributed by atoms with Gasteiger partial charge < -0.3 is 5.11 Å². The molecule has 0 bridgehead atoms. The zero-order chi connectivity index (χ0) is 17.6. The summed E-state index contributed by atoms with van der Waals surface area (Å²) in [4.78, 5) is 13.7. The summed E-state index contributed by atoms with van der Waals surface area (Å²) < 4.78 is 13.3. The predicted octanol–water partition coefficient (Wildman–Crippen LogP) is 4.96. The van der Waals surface area contributed by atoms with Gasteiger partial charge in [0.15, 0.2) is 0 Å². The van der Waals surface area contributed by atoms with Crippen LogP contribution < -0.4 is 0 Å². The van der Waals surface area contributed by atoms with Gasteiger partial charge in [-0.15, -0.1) is 0 Å². The average molecular weight is 352 g/mol. The quantitative estimate of drug-likeness (QED) is 0.659. The molecule has 0 amide bonds. The zero-order valence-electron chi connectivity index (χ0n) is 13.4. The number of hydrogen-bond acceptors (Lipinski definition) is 3. The van der Waals surface area contributed by atoms with Crippen LogP contribution in [-0.4, -0.2) is 10.2 Å². The maximum Gasteiger partial charge on any atom is 0.204 e. The van der Waals surface area contributed by atoms with Crippen LogP contribution in [0.15, 0.2) is 89.8 Å². The highest BCUT2D eigenvalue weighted by Gasteiger charge is 2.30. The second-order valence-electron chi connectivity index (χ2n) is 5.62. The lowest BCUT2D eigenvalue weighted by Crippen LogP contribution is -2.18. The molecule has 0 aliphatic heterocycles. The SMILES string of the molecule is O=C(Sc1ccccc1)[C@@H](c1ccc(F)cc1)[C@@H](O)c1ccccc1. The first-order chi connectivity index (χ1) is 12.1. The first kappa shape index (κ1) is 17.4. The summed E-state index contributed by atoms with van der Waals surface area (Å²) in [5.74, 6) is -1.16. The zero-order valence-corrected chi connectivity index (χ0v) is 14.2. The van der Waals surface area contributed by atoms with Crippen molar-refractivity contribution < 1.29 is 14.3 Å². The van der Waals surface area contributed by atoms with Crippen LogP contribution in [0.25, 0.3) is 0 Å². The fourth-order valence-electron chi connectivity index (χ4n) is 2.63. The van der Waals surface area contributed by atoms with Crippen molar-refractivity contribution in [2.45, 2.75) is 16.9 Å². The minimum atomic E-state index is -1.00. The van der Waals surface area contributed by atoms with E-state index < -0.39 is 12.0 Å². The van der Waals surface area contributed by atoms with Gasteiger partial charge in [-0.3, -0.25) is 4.79 Å². The summed E-state index contributed by atoms with van der Waals surface area (Å²) in [7, 11) is 0. The van der Waals surface area contributed by atoms with Crippen LogP contribution in [0.5, 0.6) is 0 Å². The number of hydrogen-bond donors (Lipinski definition) is 1. The Morgan fingerprint density at radius 2 is 1.36 bits per heavy atom. The van der Waals surface area contributed by atoms with Crippen molar-refractivity contribution in [1.29, 1.82) is 0 Å². The van der Waals surface area contributed by atoms with Gasteiger partial charge in [-0.1, -0.05) is 72.4 Å². The van der Waals surface area contributed by atoms with Gasteiger partial charge in [0.2, 0.25) is 5.12 Å². The Bertz CT molecular complexity index is 820. The molecule has 0 aromatic heterocycles. The minimum absolute atomic E-state index is 0.186. The van der Waals surface area contributed by atoms with Crippen molar-refractivity contribution >= 4 is 16.9 Å². The van der Waals surface area contributed by atoms with E-state index in [-0.39, 0.29) is 10.9 Å². The van der Waals surface area contributed by atoms with E-state index in [4.69, 9.17) is 0 Å². The molecule has 2 nitrogen and oxygen atoms in total. The van der Waals surface area contributed by atoms with Gasteiger partial charge in [0.1, 0.15) is 5.82 Å². The summed E-state index contributed by atoms with van der Waals surface area (Å²) >= 11 is 1.08. The fourth-order valence-corrected chi connectivity index (χ4v) is 3.55. The fraction of sp³-hybridized carbons (Fsp3) is 0.0952. The summed E-state index contributed by atoms with van der Waals surface area (Å²) in [6.45, 7) is 0. The Kier molecular flexibility index (Phi) is 5.64. The molecule has 0 spiro atoms. The Hall–Kier alpha value is -2.43. The number of carbonyl (C=O) groups is 1. The molecule has 25 heavy (non-hydrogen) atoms. The van der Waals surface area contributed by atoms with Crippen LogP contribution in [0.3, 0.4) is 0 Å². The Morgan fingerprint density at radius 1 is 0.800 bits per heavy atom. The molecule has 0 heterocycles. The molecule has 0 saturated heterocycles. The molecule has 0 saturated carbocycles. The van der Waals surface area contributed by atoms with Crippen molar-refractivity contribution in [1.82, 2.24) is 0 Å². The van der Waals surface area contributed by atoms with Crippen LogP contribution >= 0.6 is 11.8 Å². The molecular weight excluding hydrogens is 335 g/mol. The summed E-state index contributed by atoms with van der Waals surface area (Å²) in [5, 5.41) is 10.6. The van der Waals surface area contributed by atoms with E-state index >= 15 is 0 Å². The Labute approximate surface area is 150 Å². The van der Waals surface area contributed by atoms with E-state index in [1.165, 1.54) is 12.1 Å². The first-order valence-electron chi connectivity index (χ1n) is 7.90. The van der Waals surface area contributed by atoms with Crippen molar-refractivity contribution in [3.8, 4) is 0 Å². The van der Waals surface area contributed by atoms with E-state index in [1.54, 1.807) is 24.3 Å². The van der Waals surface area contributed by atoms with E-state index in [2.05, 4.69) is 0 Å². The molecule has 1 N–H and O–H groups in total. The third-order valence-electron chi connectivity index (χ3n) is 3.90. The smallest absolute Gasteiger partial charge is 0.204 e. The molecular formula is C21H17FO2S. The molecule has 0 fully saturated rings. The number of aliphatic hydroxyl groups excluding tert-OH is 1. The summed E-state index contributed by atoms with van der Waals surface area (Å²) in [5.41, 5.74) is 1.24. The van der Waals surface area contributed by atoms with Crippen molar-refractivity contribution in [2.75, 3.05) is 0 Å². The molecule has 3 aromatic carbocycles. The maximum absolute atomic E-state index is 13.3. The third kappa shape index (κ3) is 4.35. The normalized spacial score (nSPS) is 13.2. The lowest BCUT2D eigenvalue weighted by atomic mass is 9.90. The van der Waals surface area contributed by atoms with Crippen LogP contribution in [-0.2, 0) is 4.79 Å². The highest BCUT2D eigenvalue weighted by atomic mass is 32.2. The van der Waals surface area contributed by atoms with Gasteiger partial charge in [0.05, 0.1) is 12.0 Å². The van der Waals surface area contributed by atoms with E-state index in [0.29, 0.717) is 11.1 Å². The molecule has 2 atom stereocenters. The van der Waals surface area contributed by atoms with E-state index in [1.807, 2.05) is 48.5 Å². The average Bonchev–Trinajstić information content (AvgIpc) is 2.65. The number of thioether (sulfide) groups is 1. The second-order valence-corrected chi connectivity index (χ2v) is 6.70. The highest BCUT2D eigenvalue weighted by molar-refractivity contribution is 8.13. The van der Waals surface area contributed by atoms with Gasteiger partial charge in [-0.25, -0.2) is 4.39 Å². The van der Waals surface area contributed by atoms with Crippen molar-refractivity contribution in [3.63, 3.8) is 0 Å². The monoisotopic (exact) mass is 352 g/mol. The maximum atomic E-state index is 13.3. The number of aliphatic hydroxyl groups is 1. The van der Waals surface area contributed by atoms with E-state index in [9.17, 15) is 14.3 Å². The standard InChI is InChI=1S/C21H17FO2S/c22-17-13-11-15(12-14-17)19(20(23)16-7-3-1-4-8-16)21(24)25-18-9-5-2-6-10-18/h1-14,19-20,23H/t19-,20-/m0/s1. The van der Waals surface area contributed by atoms with Crippen LogP contribution in [0.4, 0.5) is 4.39 Å². The predicted molar refractivity (Wildman–Crippen MR) is 97.8 cm³/mol. The van der Waals surface area contributed by atoms with Crippen LogP contribution in [0, 0.1) is 5.82 Å². The van der Waals surface area contributed by atoms with Gasteiger partial charge in [0.25, 0.3) is 0 Å². The number of carbonyl (C=O) groups excluding carboxylic acids is 1. The molecule has 0 aliphatic rings. The lowest BCUT2D eigenvalue weighted by molar-refractivity contribution is -0.114. The van der Waals surface area contributed by atoms with Gasteiger partial charge in [0, 0.05) is 4.90 Å². The Balaban J connectivity index is 1.93. The van der Waals surface area contributed by atoms with Gasteiger partial charge in [-0.05, 0) is 35.4 Å². The lowest BCUT2D eigenvalue weighted by Gasteiger charge is -2.22. The van der Waals surface area contributed by atoms with E-state index in [0.717, 1.165) is 16.7 Å². The molecule has 126 valence electrons. The molecule has 3 rings (SSSR count). The van der Waals surface area contributed by atoms with Gasteiger partial charge >= 0.3 is 0 Å². The molecule has 3 aromatic rings. The van der Waals surface area contributed by atoms with Crippen molar-refractivity contribution in [3.05, 3.63) is 102 Å². The first-order valence-corrected chi connectivity index (χ1v) is 8.72. The third-order valence-corrected chi connectivity index (χ3v) is 4.86. The number of halogens is 1. The minimum Gasteiger partial charge on any atom is -0.387 e. The van der Waals surface area contributed by atoms with Gasteiger partial charge in [-0.2, -0.15) is 0 Å². The van der Waals surface area contributed by atoms with Crippen LogP contribution in [0.1, 0.15) is 23.1 Å². The summed E-state index contributed by atoms with van der Waals surface area (Å²) in [6, 6.07) is 24.0. The Morgan fingerprint density at radius 3 is 1.96 bits per heavy atom. The molecule has 0 aliphatic carbocycles.